The molecular weight excluding hydrogens is 226 g/mol. The number of hydrogen-bond acceptors (Lipinski definition) is 5. The molecule has 1 rings (SSSR count). The summed E-state index contributed by atoms with van der Waals surface area (Å²) in [5.74, 6) is -0.104. The molecule has 1 atom stereocenters. The van der Waals surface area contributed by atoms with Crippen LogP contribution in [0.25, 0.3) is 0 Å². The van der Waals surface area contributed by atoms with Crippen molar-refractivity contribution in [1.82, 2.24) is 0 Å². The van der Waals surface area contributed by atoms with E-state index in [2.05, 4.69) is 0 Å². The van der Waals surface area contributed by atoms with Gasteiger partial charge in [0.05, 0.1) is 21.3 Å². The molecule has 0 amide bonds. The Kier molecular flexibility index (Phi) is 4.17. The van der Waals surface area contributed by atoms with Crippen LogP contribution in [0.5, 0.6) is 17.2 Å². The second-order valence-corrected chi connectivity index (χ2v) is 3.24. The molecule has 0 aliphatic carbocycles. The Hall–Kier alpha value is -1.95. The lowest BCUT2D eigenvalue weighted by atomic mass is 10.1. The molecule has 0 fully saturated rings. The molecule has 0 saturated carbocycles. The molecule has 0 saturated heterocycles. The topological polar surface area (TPSA) is 91.0 Å². The third-order valence-electron chi connectivity index (χ3n) is 2.34. The Morgan fingerprint density at radius 2 is 1.76 bits per heavy atom. The highest BCUT2D eigenvalue weighted by atomic mass is 16.5. The van der Waals surface area contributed by atoms with Gasteiger partial charge in [0.15, 0.2) is 11.5 Å². The third-order valence-corrected chi connectivity index (χ3v) is 2.34. The molecule has 1 unspecified atom stereocenters. The van der Waals surface area contributed by atoms with Crippen LogP contribution in [-0.2, 0) is 4.79 Å². The van der Waals surface area contributed by atoms with E-state index >= 15 is 0 Å². The van der Waals surface area contributed by atoms with E-state index < -0.39 is 12.0 Å². The number of carbonyl (C=O) groups is 1. The summed E-state index contributed by atoms with van der Waals surface area (Å²) in [6.07, 6.45) is 0. The van der Waals surface area contributed by atoms with Crippen LogP contribution in [0.2, 0.25) is 0 Å². The van der Waals surface area contributed by atoms with Gasteiger partial charge < -0.3 is 25.1 Å². The van der Waals surface area contributed by atoms with E-state index in [9.17, 15) is 4.79 Å². The monoisotopic (exact) mass is 241 g/mol. The van der Waals surface area contributed by atoms with Crippen LogP contribution in [0.3, 0.4) is 0 Å². The molecule has 0 aliphatic rings. The van der Waals surface area contributed by atoms with E-state index in [1.54, 1.807) is 12.1 Å². The summed E-state index contributed by atoms with van der Waals surface area (Å²) < 4.78 is 15.3. The summed E-state index contributed by atoms with van der Waals surface area (Å²) in [4.78, 5) is 10.9. The van der Waals surface area contributed by atoms with Gasteiger partial charge in [0.1, 0.15) is 6.04 Å². The van der Waals surface area contributed by atoms with E-state index in [0.717, 1.165) is 0 Å². The number of ether oxygens (including phenoxy) is 3. The quantitative estimate of drug-likeness (QED) is 0.792. The van der Waals surface area contributed by atoms with Crippen molar-refractivity contribution in [2.75, 3.05) is 21.3 Å². The molecule has 0 aromatic heterocycles. The molecule has 0 bridgehead atoms. The Bertz CT molecular complexity index is 419. The number of carboxylic acids is 1. The fraction of sp³-hybridized carbons (Fsp3) is 0.364. The van der Waals surface area contributed by atoms with Gasteiger partial charge in [-0.25, -0.2) is 0 Å². The molecule has 0 radical (unpaired) electrons. The highest BCUT2D eigenvalue weighted by Crippen LogP contribution is 2.41. The smallest absolute Gasteiger partial charge is 0.325 e. The molecule has 1 aromatic carbocycles. The zero-order valence-electron chi connectivity index (χ0n) is 9.89. The lowest BCUT2D eigenvalue weighted by molar-refractivity contribution is -0.138. The van der Waals surface area contributed by atoms with Crippen LogP contribution in [0.1, 0.15) is 11.6 Å². The van der Waals surface area contributed by atoms with Gasteiger partial charge in [-0.15, -0.1) is 0 Å². The summed E-state index contributed by atoms with van der Waals surface area (Å²) in [6, 6.07) is 1.95. The minimum Gasteiger partial charge on any atom is -0.493 e. The highest BCUT2D eigenvalue weighted by Gasteiger charge is 2.23. The molecule has 0 aliphatic heterocycles. The molecule has 6 heteroatoms. The van der Waals surface area contributed by atoms with Gasteiger partial charge in [-0.05, 0) is 12.1 Å². The van der Waals surface area contributed by atoms with Crippen LogP contribution in [0.15, 0.2) is 12.1 Å². The first-order valence-electron chi connectivity index (χ1n) is 4.84. The van der Waals surface area contributed by atoms with E-state index in [0.29, 0.717) is 17.1 Å². The Morgan fingerprint density at radius 1 is 1.18 bits per heavy atom. The second kappa shape index (κ2) is 5.40. The summed E-state index contributed by atoms with van der Waals surface area (Å²) in [5, 5.41) is 8.89. The van der Waals surface area contributed by atoms with E-state index in [1.165, 1.54) is 21.3 Å². The standard InChI is InChI=1S/C11H15NO5/c1-15-7-5-4-6(8(12)11(13)14)9(16-2)10(7)17-3/h4-5,8H,12H2,1-3H3,(H,13,14). The molecule has 6 nitrogen and oxygen atoms in total. The predicted octanol–water partition coefficient (Wildman–Crippen LogP) is 0.797. The molecule has 0 heterocycles. The first-order valence-corrected chi connectivity index (χ1v) is 4.84. The first-order chi connectivity index (χ1) is 8.06. The number of carboxylic acid groups (broad SMARTS) is 1. The second-order valence-electron chi connectivity index (χ2n) is 3.24. The maximum atomic E-state index is 10.9. The minimum atomic E-state index is -1.18. The van der Waals surface area contributed by atoms with Gasteiger partial charge in [0, 0.05) is 5.56 Å². The molecular formula is C11H15NO5. The average Bonchev–Trinajstić information content (AvgIpc) is 2.35. The fourth-order valence-electron chi connectivity index (χ4n) is 1.50. The van der Waals surface area contributed by atoms with Crippen LogP contribution < -0.4 is 19.9 Å². The van der Waals surface area contributed by atoms with Gasteiger partial charge in [-0.1, -0.05) is 0 Å². The van der Waals surface area contributed by atoms with Crippen LogP contribution in [0.4, 0.5) is 0 Å². The Balaban J connectivity index is 3.37. The summed E-state index contributed by atoms with van der Waals surface area (Å²) in [5.41, 5.74) is 5.88. The number of aliphatic carboxylic acids is 1. The molecule has 1 aromatic rings. The number of methoxy groups -OCH3 is 3. The summed E-state index contributed by atoms with van der Waals surface area (Å²) in [7, 11) is 4.33. The number of nitrogens with two attached hydrogens (primary N) is 1. The van der Waals surface area contributed by atoms with Crippen LogP contribution in [-0.4, -0.2) is 32.4 Å². The fourth-order valence-corrected chi connectivity index (χ4v) is 1.50. The lowest BCUT2D eigenvalue weighted by Gasteiger charge is -2.17. The zero-order valence-corrected chi connectivity index (χ0v) is 9.89. The number of rotatable bonds is 5. The number of hydrogen-bond donors (Lipinski definition) is 2. The van der Waals surface area contributed by atoms with Crippen molar-refractivity contribution in [1.29, 1.82) is 0 Å². The largest absolute Gasteiger partial charge is 0.493 e. The van der Waals surface area contributed by atoms with E-state index in [4.69, 9.17) is 25.1 Å². The van der Waals surface area contributed by atoms with Crippen LogP contribution in [0, 0.1) is 0 Å². The van der Waals surface area contributed by atoms with Crippen molar-refractivity contribution in [2.45, 2.75) is 6.04 Å². The Labute approximate surface area is 98.9 Å². The summed E-state index contributed by atoms with van der Waals surface area (Å²) in [6.45, 7) is 0. The van der Waals surface area contributed by atoms with E-state index in [-0.39, 0.29) is 5.75 Å². The SMILES string of the molecule is COc1ccc(C(N)C(=O)O)c(OC)c1OC. The third kappa shape index (κ3) is 2.42. The average molecular weight is 241 g/mol. The highest BCUT2D eigenvalue weighted by molar-refractivity contribution is 5.77. The molecule has 94 valence electrons. The van der Waals surface area contributed by atoms with Gasteiger partial charge in [-0.3, -0.25) is 4.79 Å². The van der Waals surface area contributed by atoms with Crippen molar-refractivity contribution in [3.05, 3.63) is 17.7 Å². The number of benzene rings is 1. The van der Waals surface area contributed by atoms with Gasteiger partial charge >= 0.3 is 5.97 Å². The van der Waals surface area contributed by atoms with Crippen molar-refractivity contribution < 1.29 is 24.1 Å². The first kappa shape index (κ1) is 13.1. The van der Waals surface area contributed by atoms with Crippen molar-refractivity contribution >= 4 is 5.97 Å². The Morgan fingerprint density at radius 3 is 2.18 bits per heavy atom. The maximum absolute atomic E-state index is 10.9. The zero-order chi connectivity index (χ0) is 13.0. The minimum absolute atomic E-state index is 0.266. The molecule has 3 N–H and O–H groups in total. The van der Waals surface area contributed by atoms with Gasteiger partial charge in [0.2, 0.25) is 5.75 Å². The van der Waals surface area contributed by atoms with Gasteiger partial charge in [0.25, 0.3) is 0 Å². The lowest BCUT2D eigenvalue weighted by Crippen LogP contribution is -2.21. The van der Waals surface area contributed by atoms with Crippen molar-refractivity contribution in [3.8, 4) is 17.2 Å². The van der Waals surface area contributed by atoms with Crippen LogP contribution >= 0.6 is 0 Å². The molecule has 17 heavy (non-hydrogen) atoms. The van der Waals surface area contributed by atoms with Crippen molar-refractivity contribution in [3.63, 3.8) is 0 Å². The van der Waals surface area contributed by atoms with Gasteiger partial charge in [-0.2, -0.15) is 0 Å². The molecule has 0 spiro atoms. The maximum Gasteiger partial charge on any atom is 0.325 e. The van der Waals surface area contributed by atoms with Crippen molar-refractivity contribution in [2.24, 2.45) is 5.73 Å². The van der Waals surface area contributed by atoms with E-state index in [1.807, 2.05) is 0 Å². The summed E-state index contributed by atoms with van der Waals surface area (Å²) >= 11 is 0. The predicted molar refractivity (Wildman–Crippen MR) is 60.7 cm³/mol. The normalized spacial score (nSPS) is 11.8.